The maximum atomic E-state index is 12.5. The van der Waals surface area contributed by atoms with Gasteiger partial charge in [-0.05, 0) is 31.9 Å². The Balaban J connectivity index is 2.61. The van der Waals surface area contributed by atoms with E-state index in [0.717, 1.165) is 4.47 Å². The van der Waals surface area contributed by atoms with E-state index in [1.807, 2.05) is 6.07 Å². The first-order valence-corrected chi connectivity index (χ1v) is 7.23. The Bertz CT molecular complexity index is 423. The highest BCUT2D eigenvalue weighted by Gasteiger charge is 2.31. The van der Waals surface area contributed by atoms with Crippen molar-refractivity contribution in [3.8, 4) is 0 Å². The molecule has 1 N–H and O–H groups in total. The Labute approximate surface area is 125 Å². The maximum absolute atomic E-state index is 12.5. The summed E-state index contributed by atoms with van der Waals surface area (Å²) >= 11 is 3.33. The van der Waals surface area contributed by atoms with Gasteiger partial charge in [0.2, 0.25) is 0 Å². The molecular formula is C14H19BrF3NO. The monoisotopic (exact) mass is 353 g/mol. The van der Waals surface area contributed by atoms with E-state index in [0.29, 0.717) is 5.56 Å². The van der Waals surface area contributed by atoms with Crippen LogP contribution in [0, 0.1) is 0 Å². The first-order valence-electron chi connectivity index (χ1n) is 6.44. The second-order valence-electron chi connectivity index (χ2n) is 5.01. The average molecular weight is 354 g/mol. The van der Waals surface area contributed by atoms with Crippen LogP contribution < -0.4 is 0 Å². The van der Waals surface area contributed by atoms with Gasteiger partial charge in [0.25, 0.3) is 0 Å². The molecule has 0 bridgehead atoms. The minimum atomic E-state index is -4.22. The van der Waals surface area contributed by atoms with Gasteiger partial charge in [0.15, 0.2) is 0 Å². The molecule has 0 saturated heterocycles. The van der Waals surface area contributed by atoms with Crippen molar-refractivity contribution in [2.45, 2.75) is 38.6 Å². The van der Waals surface area contributed by atoms with Crippen LogP contribution in [-0.4, -0.2) is 35.3 Å². The van der Waals surface area contributed by atoms with E-state index < -0.39 is 18.8 Å². The fourth-order valence-corrected chi connectivity index (χ4v) is 2.49. The summed E-state index contributed by atoms with van der Waals surface area (Å²) in [5.74, 6) is 0. The number of hydrogen-bond acceptors (Lipinski definition) is 2. The standard InChI is InChI=1S/C14H19BrF3NO/c1-10(2)19(9-14(16,17)18)8-7-13(20)11-5-3-4-6-12(11)15/h3-6,10,13,20H,7-9H2,1-2H3. The summed E-state index contributed by atoms with van der Waals surface area (Å²) in [7, 11) is 0. The lowest BCUT2D eigenvalue weighted by atomic mass is 10.1. The third-order valence-corrected chi connectivity index (χ3v) is 3.79. The van der Waals surface area contributed by atoms with Gasteiger partial charge in [-0.25, -0.2) is 0 Å². The Morgan fingerprint density at radius 3 is 2.35 bits per heavy atom. The predicted molar refractivity (Wildman–Crippen MR) is 76.5 cm³/mol. The number of benzene rings is 1. The Morgan fingerprint density at radius 2 is 1.85 bits per heavy atom. The van der Waals surface area contributed by atoms with Gasteiger partial charge in [-0.3, -0.25) is 4.90 Å². The molecule has 114 valence electrons. The molecule has 0 heterocycles. The normalized spacial score (nSPS) is 14.1. The van der Waals surface area contributed by atoms with Gasteiger partial charge >= 0.3 is 6.18 Å². The molecule has 20 heavy (non-hydrogen) atoms. The summed E-state index contributed by atoms with van der Waals surface area (Å²) < 4.78 is 38.2. The molecule has 1 rings (SSSR count). The van der Waals surface area contributed by atoms with Crippen molar-refractivity contribution in [2.75, 3.05) is 13.1 Å². The Kier molecular flexibility index (Phi) is 6.48. The van der Waals surface area contributed by atoms with Crippen LogP contribution in [0.3, 0.4) is 0 Å². The van der Waals surface area contributed by atoms with Crippen molar-refractivity contribution in [1.29, 1.82) is 0 Å². The van der Waals surface area contributed by atoms with Gasteiger partial charge in [0.05, 0.1) is 12.6 Å². The second kappa shape index (κ2) is 7.43. The van der Waals surface area contributed by atoms with Crippen LogP contribution in [0.25, 0.3) is 0 Å². The van der Waals surface area contributed by atoms with Crippen molar-refractivity contribution in [1.82, 2.24) is 4.90 Å². The van der Waals surface area contributed by atoms with E-state index >= 15 is 0 Å². The highest BCUT2D eigenvalue weighted by molar-refractivity contribution is 9.10. The molecule has 0 aliphatic carbocycles. The lowest BCUT2D eigenvalue weighted by Crippen LogP contribution is -2.40. The molecule has 0 saturated carbocycles. The van der Waals surface area contributed by atoms with E-state index in [-0.39, 0.29) is 19.0 Å². The number of alkyl halides is 3. The van der Waals surface area contributed by atoms with Crippen LogP contribution in [0.1, 0.15) is 31.9 Å². The van der Waals surface area contributed by atoms with Crippen molar-refractivity contribution >= 4 is 15.9 Å². The summed E-state index contributed by atoms with van der Waals surface area (Å²) in [5.41, 5.74) is 0.697. The number of aliphatic hydroxyl groups excluding tert-OH is 1. The summed E-state index contributed by atoms with van der Waals surface area (Å²) in [6, 6.07) is 6.96. The third kappa shape index (κ3) is 5.81. The number of halogens is 4. The molecule has 0 amide bonds. The number of rotatable bonds is 6. The van der Waals surface area contributed by atoms with Crippen molar-refractivity contribution in [3.05, 3.63) is 34.3 Å². The van der Waals surface area contributed by atoms with E-state index in [4.69, 9.17) is 0 Å². The Morgan fingerprint density at radius 1 is 1.25 bits per heavy atom. The molecule has 1 aromatic carbocycles. The quantitative estimate of drug-likeness (QED) is 0.830. The van der Waals surface area contributed by atoms with Crippen molar-refractivity contribution in [3.63, 3.8) is 0 Å². The molecule has 0 aliphatic heterocycles. The molecule has 0 aromatic heterocycles. The molecule has 0 aliphatic rings. The summed E-state index contributed by atoms with van der Waals surface area (Å²) in [4.78, 5) is 1.32. The molecule has 1 atom stereocenters. The van der Waals surface area contributed by atoms with Gasteiger partial charge in [0.1, 0.15) is 0 Å². The van der Waals surface area contributed by atoms with Crippen molar-refractivity contribution < 1.29 is 18.3 Å². The molecule has 6 heteroatoms. The summed E-state index contributed by atoms with van der Waals surface area (Å²) in [6.07, 6.45) is -4.74. The van der Waals surface area contributed by atoms with E-state index in [1.165, 1.54) is 4.90 Å². The zero-order valence-electron chi connectivity index (χ0n) is 11.5. The average Bonchev–Trinajstić information content (AvgIpc) is 2.33. The molecule has 1 aromatic rings. The van der Waals surface area contributed by atoms with Crippen LogP contribution in [0.5, 0.6) is 0 Å². The minimum absolute atomic E-state index is 0.194. The molecular weight excluding hydrogens is 335 g/mol. The topological polar surface area (TPSA) is 23.5 Å². The zero-order chi connectivity index (χ0) is 15.3. The summed E-state index contributed by atoms with van der Waals surface area (Å²) in [6.45, 7) is 2.68. The largest absolute Gasteiger partial charge is 0.401 e. The minimum Gasteiger partial charge on any atom is -0.388 e. The highest BCUT2D eigenvalue weighted by Crippen LogP contribution is 2.26. The van der Waals surface area contributed by atoms with Crippen LogP contribution in [-0.2, 0) is 0 Å². The van der Waals surface area contributed by atoms with Crippen LogP contribution in [0.4, 0.5) is 13.2 Å². The second-order valence-corrected chi connectivity index (χ2v) is 5.86. The Hall–Kier alpha value is -0.590. The molecule has 0 fully saturated rings. The van der Waals surface area contributed by atoms with Gasteiger partial charge in [-0.15, -0.1) is 0 Å². The highest BCUT2D eigenvalue weighted by atomic mass is 79.9. The zero-order valence-corrected chi connectivity index (χ0v) is 13.1. The van der Waals surface area contributed by atoms with E-state index in [1.54, 1.807) is 32.0 Å². The third-order valence-electron chi connectivity index (χ3n) is 3.07. The van der Waals surface area contributed by atoms with Crippen molar-refractivity contribution in [2.24, 2.45) is 0 Å². The maximum Gasteiger partial charge on any atom is 0.401 e. The lowest BCUT2D eigenvalue weighted by Gasteiger charge is -2.28. The van der Waals surface area contributed by atoms with Crippen LogP contribution in [0.15, 0.2) is 28.7 Å². The molecule has 2 nitrogen and oxygen atoms in total. The molecule has 0 radical (unpaired) electrons. The van der Waals surface area contributed by atoms with Gasteiger partial charge in [-0.2, -0.15) is 13.2 Å². The van der Waals surface area contributed by atoms with E-state index in [9.17, 15) is 18.3 Å². The van der Waals surface area contributed by atoms with Gasteiger partial charge in [0, 0.05) is 17.1 Å². The molecule has 1 unspecified atom stereocenters. The number of hydrogen-bond donors (Lipinski definition) is 1. The number of aliphatic hydroxyl groups is 1. The molecule has 0 spiro atoms. The lowest BCUT2D eigenvalue weighted by molar-refractivity contribution is -0.150. The van der Waals surface area contributed by atoms with Gasteiger partial charge in [-0.1, -0.05) is 34.1 Å². The fourth-order valence-electron chi connectivity index (χ4n) is 1.94. The SMILES string of the molecule is CC(C)N(CCC(O)c1ccccc1Br)CC(F)(F)F. The first-order chi connectivity index (χ1) is 9.20. The fraction of sp³-hybridized carbons (Fsp3) is 0.571. The van der Waals surface area contributed by atoms with Gasteiger partial charge < -0.3 is 5.11 Å². The van der Waals surface area contributed by atoms with Crippen LogP contribution in [0.2, 0.25) is 0 Å². The predicted octanol–water partition coefficient (Wildman–Crippen LogP) is 4.15. The first kappa shape index (κ1) is 17.5. The number of nitrogens with zero attached hydrogens (tertiary/aromatic N) is 1. The summed E-state index contributed by atoms with van der Waals surface area (Å²) in [5, 5.41) is 10.1. The van der Waals surface area contributed by atoms with E-state index in [2.05, 4.69) is 15.9 Å². The van der Waals surface area contributed by atoms with Crippen LogP contribution >= 0.6 is 15.9 Å². The smallest absolute Gasteiger partial charge is 0.388 e.